The molecule has 0 aliphatic carbocycles. The Labute approximate surface area is 97.9 Å². The molecule has 0 spiro atoms. The molecular weight excluding hydrogens is 210 g/mol. The van der Waals surface area contributed by atoms with E-state index in [1.54, 1.807) is 0 Å². The van der Waals surface area contributed by atoms with E-state index in [1.165, 1.54) is 58.2 Å². The van der Waals surface area contributed by atoms with E-state index in [4.69, 9.17) is 16.3 Å². The van der Waals surface area contributed by atoms with Crippen molar-refractivity contribution in [3.63, 3.8) is 0 Å². The highest BCUT2D eigenvalue weighted by atomic mass is 35.5. The minimum atomic E-state index is 0.548. The van der Waals surface area contributed by atoms with Gasteiger partial charge in [-0.15, -0.1) is 11.6 Å². The molecule has 2 fully saturated rings. The van der Waals surface area contributed by atoms with Gasteiger partial charge in [0.1, 0.15) is 0 Å². The number of alkyl halides is 1. The highest BCUT2D eigenvalue weighted by Crippen LogP contribution is 2.26. The van der Waals surface area contributed by atoms with Crippen molar-refractivity contribution in [2.75, 3.05) is 25.5 Å². The van der Waals surface area contributed by atoms with Gasteiger partial charge in [0.2, 0.25) is 0 Å². The summed E-state index contributed by atoms with van der Waals surface area (Å²) in [6.07, 6.45) is 8.80. The first kappa shape index (κ1) is 11.7. The van der Waals surface area contributed by atoms with Crippen LogP contribution in [-0.2, 0) is 4.74 Å². The zero-order valence-electron chi connectivity index (χ0n) is 9.46. The predicted octanol–water partition coefficient (Wildman–Crippen LogP) is 2.65. The van der Waals surface area contributed by atoms with Crippen LogP contribution in [0, 0.1) is 0 Å². The number of hydrogen-bond acceptors (Lipinski definition) is 2. The lowest BCUT2D eigenvalue weighted by Gasteiger charge is -2.31. The number of rotatable bonds is 6. The first-order valence-corrected chi connectivity index (χ1v) is 6.85. The molecule has 0 aromatic heterocycles. The standard InChI is InChI=1S/C12H22ClNO/c13-7-3-1-2-4-8-14-9-11-5-6-12(10-14)15-11/h11-12H,1-10H2. The minimum absolute atomic E-state index is 0.548. The number of morpholine rings is 1. The molecule has 0 N–H and O–H groups in total. The number of likely N-dealkylation sites (tertiary alicyclic amines) is 1. The van der Waals surface area contributed by atoms with Crippen LogP contribution in [0.1, 0.15) is 38.5 Å². The smallest absolute Gasteiger partial charge is 0.0707 e. The van der Waals surface area contributed by atoms with E-state index in [1.807, 2.05) is 0 Å². The van der Waals surface area contributed by atoms with Crippen molar-refractivity contribution in [1.82, 2.24) is 4.90 Å². The highest BCUT2D eigenvalue weighted by Gasteiger charge is 2.32. The van der Waals surface area contributed by atoms with Crippen LogP contribution in [0.15, 0.2) is 0 Å². The van der Waals surface area contributed by atoms with E-state index in [0.29, 0.717) is 12.2 Å². The summed E-state index contributed by atoms with van der Waals surface area (Å²) in [5.74, 6) is 0.821. The van der Waals surface area contributed by atoms with Gasteiger partial charge in [0.05, 0.1) is 12.2 Å². The molecule has 2 saturated heterocycles. The van der Waals surface area contributed by atoms with E-state index in [2.05, 4.69) is 4.90 Å². The Balaban J connectivity index is 1.56. The van der Waals surface area contributed by atoms with Crippen LogP contribution < -0.4 is 0 Å². The molecule has 2 nitrogen and oxygen atoms in total. The van der Waals surface area contributed by atoms with Gasteiger partial charge in [0.25, 0.3) is 0 Å². The Morgan fingerprint density at radius 2 is 1.67 bits per heavy atom. The molecule has 2 atom stereocenters. The average Bonchev–Trinajstić information content (AvgIpc) is 2.58. The second kappa shape index (κ2) is 6.07. The Morgan fingerprint density at radius 1 is 1.00 bits per heavy atom. The van der Waals surface area contributed by atoms with E-state index >= 15 is 0 Å². The number of unbranched alkanes of at least 4 members (excludes halogenated alkanes) is 3. The van der Waals surface area contributed by atoms with Gasteiger partial charge in [-0.2, -0.15) is 0 Å². The van der Waals surface area contributed by atoms with Crippen LogP contribution >= 0.6 is 11.6 Å². The summed E-state index contributed by atoms with van der Waals surface area (Å²) >= 11 is 5.65. The van der Waals surface area contributed by atoms with Crippen molar-refractivity contribution in [3.8, 4) is 0 Å². The molecule has 0 aromatic rings. The van der Waals surface area contributed by atoms with Crippen molar-refractivity contribution < 1.29 is 4.74 Å². The van der Waals surface area contributed by atoms with Gasteiger partial charge in [-0.05, 0) is 32.2 Å². The van der Waals surface area contributed by atoms with Gasteiger partial charge in [-0.25, -0.2) is 0 Å². The number of halogens is 1. The number of fused-ring (bicyclic) bond motifs is 2. The summed E-state index contributed by atoms with van der Waals surface area (Å²) < 4.78 is 5.81. The van der Waals surface area contributed by atoms with Gasteiger partial charge >= 0.3 is 0 Å². The van der Waals surface area contributed by atoms with Crippen LogP contribution in [0.5, 0.6) is 0 Å². The largest absolute Gasteiger partial charge is 0.372 e. The zero-order valence-corrected chi connectivity index (χ0v) is 10.2. The monoisotopic (exact) mass is 231 g/mol. The molecule has 0 aromatic carbocycles. The molecule has 2 rings (SSSR count). The van der Waals surface area contributed by atoms with Crippen LogP contribution in [0.2, 0.25) is 0 Å². The van der Waals surface area contributed by atoms with Crippen molar-refractivity contribution in [2.24, 2.45) is 0 Å². The maximum atomic E-state index is 5.81. The van der Waals surface area contributed by atoms with Gasteiger partial charge in [0, 0.05) is 19.0 Å². The summed E-state index contributed by atoms with van der Waals surface area (Å²) in [6.45, 7) is 3.61. The average molecular weight is 232 g/mol. The van der Waals surface area contributed by atoms with Crippen LogP contribution in [0.4, 0.5) is 0 Å². The molecule has 2 aliphatic rings. The molecule has 2 heterocycles. The molecule has 2 bridgehead atoms. The van der Waals surface area contributed by atoms with Gasteiger partial charge in [0.15, 0.2) is 0 Å². The topological polar surface area (TPSA) is 12.5 Å². The SMILES string of the molecule is ClCCCCCCN1CC2CCC(C1)O2. The van der Waals surface area contributed by atoms with Crippen molar-refractivity contribution >= 4 is 11.6 Å². The summed E-state index contributed by atoms with van der Waals surface area (Å²) in [5, 5.41) is 0. The lowest BCUT2D eigenvalue weighted by atomic mass is 10.2. The Morgan fingerprint density at radius 3 is 2.33 bits per heavy atom. The number of nitrogens with zero attached hydrogens (tertiary/aromatic N) is 1. The first-order valence-electron chi connectivity index (χ1n) is 6.32. The third-order valence-electron chi connectivity index (χ3n) is 3.48. The lowest BCUT2D eigenvalue weighted by Crippen LogP contribution is -2.42. The Kier molecular flexibility index (Phi) is 4.73. The lowest BCUT2D eigenvalue weighted by molar-refractivity contribution is -0.0385. The molecular formula is C12H22ClNO. The van der Waals surface area contributed by atoms with E-state index in [0.717, 1.165) is 5.88 Å². The fourth-order valence-corrected chi connectivity index (χ4v) is 2.85. The first-order chi connectivity index (χ1) is 7.38. The normalized spacial score (nSPS) is 31.0. The van der Waals surface area contributed by atoms with Gasteiger partial charge in [-0.1, -0.05) is 12.8 Å². The highest BCUT2D eigenvalue weighted by molar-refractivity contribution is 6.17. The Hall–Kier alpha value is 0.210. The molecule has 2 aliphatic heterocycles. The fraction of sp³-hybridized carbons (Fsp3) is 1.00. The van der Waals surface area contributed by atoms with Gasteiger partial charge in [-0.3, -0.25) is 4.90 Å². The van der Waals surface area contributed by atoms with Crippen LogP contribution in [0.3, 0.4) is 0 Å². The zero-order chi connectivity index (χ0) is 10.5. The third kappa shape index (κ3) is 3.61. The summed E-state index contributed by atoms with van der Waals surface area (Å²) in [4.78, 5) is 2.59. The Bertz CT molecular complexity index is 176. The second-order valence-electron chi connectivity index (χ2n) is 4.82. The second-order valence-corrected chi connectivity index (χ2v) is 5.20. The molecule has 3 heteroatoms. The van der Waals surface area contributed by atoms with Crippen molar-refractivity contribution in [3.05, 3.63) is 0 Å². The molecule has 0 amide bonds. The van der Waals surface area contributed by atoms with E-state index in [9.17, 15) is 0 Å². The maximum Gasteiger partial charge on any atom is 0.0707 e. The molecule has 15 heavy (non-hydrogen) atoms. The molecule has 2 unspecified atom stereocenters. The van der Waals surface area contributed by atoms with Crippen molar-refractivity contribution in [1.29, 1.82) is 0 Å². The predicted molar refractivity (Wildman–Crippen MR) is 63.5 cm³/mol. The van der Waals surface area contributed by atoms with E-state index < -0.39 is 0 Å². The minimum Gasteiger partial charge on any atom is -0.372 e. The number of hydrogen-bond donors (Lipinski definition) is 0. The maximum absolute atomic E-state index is 5.81. The van der Waals surface area contributed by atoms with Crippen LogP contribution in [0.25, 0.3) is 0 Å². The fourth-order valence-electron chi connectivity index (χ4n) is 2.67. The van der Waals surface area contributed by atoms with Crippen molar-refractivity contribution in [2.45, 2.75) is 50.7 Å². The molecule has 88 valence electrons. The third-order valence-corrected chi connectivity index (χ3v) is 3.74. The number of ether oxygens (including phenoxy) is 1. The summed E-state index contributed by atoms with van der Waals surface area (Å²) in [5.41, 5.74) is 0. The van der Waals surface area contributed by atoms with Crippen LogP contribution in [-0.4, -0.2) is 42.6 Å². The summed E-state index contributed by atoms with van der Waals surface area (Å²) in [7, 11) is 0. The van der Waals surface area contributed by atoms with Gasteiger partial charge < -0.3 is 4.74 Å². The molecule has 0 radical (unpaired) electrons. The van der Waals surface area contributed by atoms with E-state index in [-0.39, 0.29) is 0 Å². The summed E-state index contributed by atoms with van der Waals surface area (Å²) in [6, 6.07) is 0. The molecule has 0 saturated carbocycles. The quantitative estimate of drug-likeness (QED) is 0.515.